The Morgan fingerprint density at radius 3 is 2.47 bits per heavy atom. The number of carboxylic acids is 1. The molecule has 108 valence electrons. The van der Waals surface area contributed by atoms with E-state index in [1.165, 1.54) is 10.4 Å². The van der Waals surface area contributed by atoms with Gasteiger partial charge in [-0.25, -0.2) is 13.2 Å². The Hall–Kier alpha value is -0.960. The average Bonchev–Trinajstić information content (AvgIpc) is 2.72. The van der Waals surface area contributed by atoms with E-state index in [-0.39, 0.29) is 22.9 Å². The third-order valence-electron chi connectivity index (χ3n) is 2.52. The van der Waals surface area contributed by atoms with Crippen LogP contribution in [0.2, 0.25) is 0 Å². The van der Waals surface area contributed by atoms with Gasteiger partial charge in [0.25, 0.3) is 0 Å². The van der Waals surface area contributed by atoms with Crippen molar-refractivity contribution in [2.45, 2.75) is 25.2 Å². The van der Waals surface area contributed by atoms with Crippen LogP contribution in [-0.4, -0.2) is 48.6 Å². The van der Waals surface area contributed by atoms with Crippen molar-refractivity contribution < 1.29 is 23.4 Å². The van der Waals surface area contributed by atoms with Crippen molar-refractivity contribution in [2.24, 2.45) is 0 Å². The van der Waals surface area contributed by atoms with Crippen LogP contribution >= 0.6 is 11.3 Å². The second kappa shape index (κ2) is 6.47. The van der Waals surface area contributed by atoms with Gasteiger partial charge < -0.3 is 10.2 Å². The maximum atomic E-state index is 12.4. The highest BCUT2D eigenvalue weighted by Crippen LogP contribution is 2.28. The van der Waals surface area contributed by atoms with Gasteiger partial charge in [-0.15, -0.1) is 11.3 Å². The van der Waals surface area contributed by atoms with Crippen LogP contribution in [0.15, 0.2) is 11.0 Å². The molecule has 2 N–H and O–H groups in total. The van der Waals surface area contributed by atoms with Gasteiger partial charge in [0, 0.05) is 18.0 Å². The lowest BCUT2D eigenvalue weighted by molar-refractivity contribution is 0.0702. The molecular weight excluding hydrogens is 290 g/mol. The summed E-state index contributed by atoms with van der Waals surface area (Å²) in [6.45, 7) is 3.44. The second-order valence-electron chi connectivity index (χ2n) is 3.96. The molecule has 0 atom stereocenters. The number of aromatic carboxylic acids is 1. The highest BCUT2D eigenvalue weighted by molar-refractivity contribution is 7.89. The third kappa shape index (κ3) is 3.53. The van der Waals surface area contributed by atoms with Crippen molar-refractivity contribution in [1.82, 2.24) is 4.31 Å². The molecule has 0 amide bonds. The van der Waals surface area contributed by atoms with Gasteiger partial charge >= 0.3 is 5.97 Å². The number of hydrogen-bond acceptors (Lipinski definition) is 5. The monoisotopic (exact) mass is 307 g/mol. The molecule has 0 saturated carbocycles. The lowest BCUT2D eigenvalue weighted by Crippen LogP contribution is -2.34. The summed E-state index contributed by atoms with van der Waals surface area (Å²) in [5.74, 6) is -1.14. The predicted octanol–water partition coefficient (Wildman–Crippen LogP) is 1.15. The number of rotatable bonds is 7. The zero-order valence-electron chi connectivity index (χ0n) is 10.8. The molecule has 0 saturated heterocycles. The molecule has 0 aromatic carbocycles. The lowest BCUT2D eigenvalue weighted by Gasteiger charge is -2.20. The van der Waals surface area contributed by atoms with Gasteiger partial charge in [-0.2, -0.15) is 4.31 Å². The minimum Gasteiger partial charge on any atom is -0.477 e. The quantitative estimate of drug-likeness (QED) is 0.788. The largest absolute Gasteiger partial charge is 0.477 e. The van der Waals surface area contributed by atoms with E-state index < -0.39 is 16.0 Å². The molecule has 0 fully saturated rings. The zero-order chi connectivity index (χ0) is 14.6. The number of nitrogens with zero attached hydrogens (tertiary/aromatic N) is 1. The zero-order valence-corrected chi connectivity index (χ0v) is 12.4. The van der Waals surface area contributed by atoms with Crippen molar-refractivity contribution in [3.63, 3.8) is 0 Å². The van der Waals surface area contributed by atoms with Crippen LogP contribution in [0, 0.1) is 6.92 Å². The molecule has 0 bridgehead atoms. The molecule has 0 aliphatic heterocycles. The third-order valence-corrected chi connectivity index (χ3v) is 5.72. The first-order valence-corrected chi connectivity index (χ1v) is 8.05. The molecule has 19 heavy (non-hydrogen) atoms. The summed E-state index contributed by atoms with van der Waals surface area (Å²) in [5, 5.41) is 17.8. The van der Waals surface area contributed by atoms with Gasteiger partial charge in [-0.1, -0.05) is 6.92 Å². The first-order valence-electron chi connectivity index (χ1n) is 5.79. The standard InChI is InChI=1S/C11H17NO5S2/c1-3-4-12(5-6-13)19(16,17)10-7-9(11(14)15)18-8(10)2/h7,13H,3-6H2,1-2H3,(H,14,15). The van der Waals surface area contributed by atoms with Crippen LogP contribution < -0.4 is 0 Å². The average molecular weight is 307 g/mol. The second-order valence-corrected chi connectivity index (χ2v) is 7.13. The molecule has 1 heterocycles. The predicted molar refractivity (Wildman–Crippen MR) is 72.2 cm³/mol. The van der Waals surface area contributed by atoms with E-state index in [9.17, 15) is 13.2 Å². The smallest absolute Gasteiger partial charge is 0.345 e. The molecule has 1 aromatic heterocycles. The summed E-state index contributed by atoms with van der Waals surface area (Å²) in [4.78, 5) is 11.3. The SMILES string of the molecule is CCCN(CCO)S(=O)(=O)c1cc(C(=O)O)sc1C. The molecule has 0 radical (unpaired) electrons. The van der Waals surface area contributed by atoms with E-state index in [4.69, 9.17) is 10.2 Å². The number of hydrogen-bond donors (Lipinski definition) is 2. The van der Waals surface area contributed by atoms with E-state index >= 15 is 0 Å². The van der Waals surface area contributed by atoms with Crippen LogP contribution in [0.3, 0.4) is 0 Å². The molecule has 0 aliphatic rings. The first-order chi connectivity index (χ1) is 8.84. The number of aliphatic hydroxyl groups excluding tert-OH is 1. The summed E-state index contributed by atoms with van der Waals surface area (Å²) in [5.41, 5.74) is 0. The number of carboxylic acid groups (broad SMARTS) is 1. The van der Waals surface area contributed by atoms with E-state index in [1.54, 1.807) is 6.92 Å². The highest BCUT2D eigenvalue weighted by atomic mass is 32.2. The van der Waals surface area contributed by atoms with Gasteiger partial charge in [0.1, 0.15) is 4.88 Å². The summed E-state index contributed by atoms with van der Waals surface area (Å²) >= 11 is 0.935. The van der Waals surface area contributed by atoms with Crippen molar-refractivity contribution in [3.8, 4) is 0 Å². The molecular formula is C11H17NO5S2. The van der Waals surface area contributed by atoms with Crippen LogP contribution in [-0.2, 0) is 10.0 Å². The van der Waals surface area contributed by atoms with E-state index in [0.29, 0.717) is 17.8 Å². The first kappa shape index (κ1) is 16.1. The summed E-state index contributed by atoms with van der Waals surface area (Å²) in [6.07, 6.45) is 0.619. The van der Waals surface area contributed by atoms with Gasteiger partial charge in [0.15, 0.2) is 0 Å². The van der Waals surface area contributed by atoms with E-state index in [1.807, 2.05) is 6.92 Å². The van der Waals surface area contributed by atoms with Gasteiger partial charge in [0.05, 0.1) is 11.5 Å². The maximum absolute atomic E-state index is 12.4. The summed E-state index contributed by atoms with van der Waals surface area (Å²) < 4.78 is 26.0. The summed E-state index contributed by atoms with van der Waals surface area (Å²) in [7, 11) is -3.75. The van der Waals surface area contributed by atoms with E-state index in [0.717, 1.165) is 11.3 Å². The minimum absolute atomic E-state index is 0.00322. The molecule has 0 aliphatic carbocycles. The van der Waals surface area contributed by atoms with Crippen LogP contribution in [0.25, 0.3) is 0 Å². The molecule has 0 unspecified atom stereocenters. The highest BCUT2D eigenvalue weighted by Gasteiger charge is 2.27. The number of carbonyl (C=O) groups is 1. The van der Waals surface area contributed by atoms with Crippen LogP contribution in [0.5, 0.6) is 0 Å². The Balaban J connectivity index is 3.20. The number of aryl methyl sites for hydroxylation is 1. The molecule has 1 rings (SSSR count). The molecule has 0 spiro atoms. The maximum Gasteiger partial charge on any atom is 0.345 e. The van der Waals surface area contributed by atoms with E-state index in [2.05, 4.69) is 0 Å². The molecule has 8 heteroatoms. The molecule has 6 nitrogen and oxygen atoms in total. The topological polar surface area (TPSA) is 94.9 Å². The van der Waals surface area contributed by atoms with Gasteiger partial charge in [-0.05, 0) is 19.4 Å². The van der Waals surface area contributed by atoms with Gasteiger partial charge in [0.2, 0.25) is 10.0 Å². The fraction of sp³-hybridized carbons (Fsp3) is 0.545. The molecule has 1 aromatic rings. The number of sulfonamides is 1. The fourth-order valence-corrected chi connectivity index (χ4v) is 4.60. The Bertz CT molecular complexity index is 543. The van der Waals surface area contributed by atoms with Crippen molar-refractivity contribution in [1.29, 1.82) is 0 Å². The fourth-order valence-electron chi connectivity index (χ4n) is 1.68. The van der Waals surface area contributed by atoms with Crippen molar-refractivity contribution >= 4 is 27.3 Å². The lowest BCUT2D eigenvalue weighted by atomic mass is 10.4. The van der Waals surface area contributed by atoms with Crippen LogP contribution in [0.1, 0.15) is 27.9 Å². The minimum atomic E-state index is -3.75. The Labute approximate surface area is 116 Å². The Morgan fingerprint density at radius 2 is 2.05 bits per heavy atom. The normalized spacial score (nSPS) is 12.0. The Kier molecular flexibility index (Phi) is 5.48. The number of aliphatic hydroxyl groups is 1. The Morgan fingerprint density at radius 1 is 1.42 bits per heavy atom. The van der Waals surface area contributed by atoms with Gasteiger partial charge in [-0.3, -0.25) is 0 Å². The van der Waals surface area contributed by atoms with Crippen LogP contribution in [0.4, 0.5) is 0 Å². The number of thiophene rings is 1. The van der Waals surface area contributed by atoms with Crippen molar-refractivity contribution in [3.05, 3.63) is 15.8 Å². The summed E-state index contributed by atoms with van der Waals surface area (Å²) in [6, 6.07) is 1.18. The van der Waals surface area contributed by atoms with Crippen molar-refractivity contribution in [2.75, 3.05) is 19.7 Å².